The van der Waals surface area contributed by atoms with Crippen molar-refractivity contribution in [3.8, 4) is 11.5 Å². The van der Waals surface area contributed by atoms with Gasteiger partial charge in [-0.15, -0.1) is 0 Å². The zero-order chi connectivity index (χ0) is 17.4. The summed E-state index contributed by atoms with van der Waals surface area (Å²) in [5.74, 6) is 1.11. The molecule has 1 aliphatic heterocycles. The van der Waals surface area contributed by atoms with Gasteiger partial charge in [0.2, 0.25) is 0 Å². The Hall–Kier alpha value is -2.81. The molecule has 0 aliphatic carbocycles. The summed E-state index contributed by atoms with van der Waals surface area (Å²) in [6.45, 7) is 2.34. The van der Waals surface area contributed by atoms with E-state index in [0.29, 0.717) is 12.2 Å². The smallest absolute Gasteiger partial charge is 0.126 e. The maximum Gasteiger partial charge on any atom is 0.126 e. The van der Waals surface area contributed by atoms with Crippen LogP contribution in [0.1, 0.15) is 34.1 Å². The lowest BCUT2D eigenvalue weighted by Gasteiger charge is -2.34. The van der Waals surface area contributed by atoms with Crippen LogP contribution < -0.4 is 4.74 Å². The topological polar surface area (TPSA) is 29.5 Å². The van der Waals surface area contributed by atoms with Gasteiger partial charge in [0.25, 0.3) is 0 Å². The molecule has 3 heteroatoms. The van der Waals surface area contributed by atoms with Crippen LogP contribution in [-0.2, 0) is 0 Å². The Morgan fingerprint density at radius 2 is 1.68 bits per heavy atom. The average Bonchev–Trinajstić information content (AvgIpc) is 2.64. The van der Waals surface area contributed by atoms with E-state index in [1.54, 1.807) is 19.1 Å². The minimum atomic E-state index is -0.190. The molecule has 0 aromatic heterocycles. The monoisotopic (exact) mass is 334 g/mol. The van der Waals surface area contributed by atoms with E-state index < -0.39 is 0 Å². The standard InChI is InChI=1S/C22H19FO2/c1-14-12-16(8-11-20(14)23)22-18-4-2-3-5-21(18)25-13-19(22)15-6-9-17(24)10-7-15/h2-12,19,22,24H,13H2,1H3. The number of halogens is 1. The first-order valence-electron chi connectivity index (χ1n) is 8.40. The van der Waals surface area contributed by atoms with Gasteiger partial charge in [0.1, 0.15) is 17.3 Å². The van der Waals surface area contributed by atoms with E-state index in [-0.39, 0.29) is 23.4 Å². The quantitative estimate of drug-likeness (QED) is 0.702. The third-order valence-corrected chi connectivity index (χ3v) is 4.94. The summed E-state index contributed by atoms with van der Waals surface area (Å²) in [7, 11) is 0. The molecule has 2 unspecified atom stereocenters. The SMILES string of the molecule is Cc1cc(C2c3ccccc3OCC2c2ccc(O)cc2)ccc1F. The highest BCUT2D eigenvalue weighted by atomic mass is 19.1. The lowest BCUT2D eigenvalue weighted by atomic mass is 9.75. The summed E-state index contributed by atoms with van der Waals surface area (Å²) < 4.78 is 19.8. The number of rotatable bonds is 2. The van der Waals surface area contributed by atoms with E-state index in [0.717, 1.165) is 22.4 Å². The Morgan fingerprint density at radius 1 is 0.960 bits per heavy atom. The van der Waals surface area contributed by atoms with Gasteiger partial charge in [-0.2, -0.15) is 0 Å². The van der Waals surface area contributed by atoms with Crippen LogP contribution in [0, 0.1) is 12.7 Å². The third kappa shape index (κ3) is 2.86. The minimum Gasteiger partial charge on any atom is -0.508 e. The molecular formula is C22H19FO2. The number of fused-ring (bicyclic) bond motifs is 1. The van der Waals surface area contributed by atoms with E-state index in [2.05, 4.69) is 6.07 Å². The second-order valence-electron chi connectivity index (χ2n) is 6.53. The molecule has 2 nitrogen and oxygen atoms in total. The molecule has 2 atom stereocenters. The number of ether oxygens (including phenoxy) is 1. The fourth-order valence-corrected chi connectivity index (χ4v) is 3.64. The maximum atomic E-state index is 13.8. The van der Waals surface area contributed by atoms with Crippen molar-refractivity contribution in [2.24, 2.45) is 0 Å². The molecule has 25 heavy (non-hydrogen) atoms. The largest absolute Gasteiger partial charge is 0.508 e. The number of phenolic OH excluding ortho intramolecular Hbond substituents is 1. The van der Waals surface area contributed by atoms with Crippen molar-refractivity contribution < 1.29 is 14.2 Å². The van der Waals surface area contributed by atoms with Gasteiger partial charge in [0.05, 0.1) is 6.61 Å². The molecule has 3 aromatic rings. The van der Waals surface area contributed by atoms with E-state index >= 15 is 0 Å². The van der Waals surface area contributed by atoms with E-state index in [4.69, 9.17) is 4.74 Å². The first kappa shape index (κ1) is 15.7. The van der Waals surface area contributed by atoms with Crippen LogP contribution in [0.15, 0.2) is 66.7 Å². The Labute approximate surface area is 146 Å². The average molecular weight is 334 g/mol. The number of para-hydroxylation sites is 1. The zero-order valence-electron chi connectivity index (χ0n) is 13.9. The number of hydrogen-bond donors (Lipinski definition) is 1. The van der Waals surface area contributed by atoms with Crippen LogP contribution in [0.25, 0.3) is 0 Å². The molecule has 0 radical (unpaired) electrons. The Balaban J connectivity index is 1.86. The summed E-state index contributed by atoms with van der Waals surface area (Å²) in [6.07, 6.45) is 0. The highest BCUT2D eigenvalue weighted by Crippen LogP contribution is 2.46. The number of aromatic hydroxyl groups is 1. The second-order valence-corrected chi connectivity index (χ2v) is 6.53. The molecule has 0 spiro atoms. The van der Waals surface area contributed by atoms with Crippen LogP contribution in [0.5, 0.6) is 11.5 Å². The predicted molar refractivity (Wildman–Crippen MR) is 95.8 cm³/mol. The van der Waals surface area contributed by atoms with Crippen LogP contribution in [-0.4, -0.2) is 11.7 Å². The second kappa shape index (κ2) is 6.25. The maximum absolute atomic E-state index is 13.8. The Bertz CT molecular complexity index is 902. The summed E-state index contributed by atoms with van der Waals surface area (Å²) in [5.41, 5.74) is 3.93. The van der Waals surface area contributed by atoms with Crippen molar-refractivity contribution >= 4 is 0 Å². The van der Waals surface area contributed by atoms with E-state index in [9.17, 15) is 9.50 Å². The zero-order valence-corrected chi connectivity index (χ0v) is 13.9. The van der Waals surface area contributed by atoms with Crippen molar-refractivity contribution in [2.75, 3.05) is 6.61 Å². The summed E-state index contributed by atoms with van der Waals surface area (Å²) in [4.78, 5) is 0. The molecule has 0 bridgehead atoms. The molecule has 0 saturated carbocycles. The molecule has 3 aromatic carbocycles. The number of benzene rings is 3. The van der Waals surface area contributed by atoms with Gasteiger partial charge in [0.15, 0.2) is 0 Å². The van der Waals surface area contributed by atoms with Crippen molar-refractivity contribution in [3.05, 3.63) is 94.8 Å². The van der Waals surface area contributed by atoms with Gasteiger partial charge < -0.3 is 9.84 Å². The van der Waals surface area contributed by atoms with Crippen molar-refractivity contribution in [3.63, 3.8) is 0 Å². The van der Waals surface area contributed by atoms with Gasteiger partial charge in [0, 0.05) is 17.4 Å². The van der Waals surface area contributed by atoms with E-state index in [1.807, 2.05) is 42.5 Å². The van der Waals surface area contributed by atoms with Gasteiger partial charge in [-0.05, 0) is 47.9 Å². The van der Waals surface area contributed by atoms with Gasteiger partial charge in [-0.3, -0.25) is 0 Å². The number of hydrogen-bond acceptors (Lipinski definition) is 2. The van der Waals surface area contributed by atoms with E-state index in [1.165, 1.54) is 6.07 Å². The lowest BCUT2D eigenvalue weighted by Crippen LogP contribution is -2.25. The molecule has 126 valence electrons. The third-order valence-electron chi connectivity index (χ3n) is 4.94. The fraction of sp³-hybridized carbons (Fsp3) is 0.182. The normalized spacial score (nSPS) is 19.1. The van der Waals surface area contributed by atoms with Crippen molar-refractivity contribution in [2.45, 2.75) is 18.8 Å². The van der Waals surface area contributed by atoms with Crippen LogP contribution in [0.3, 0.4) is 0 Å². The first-order valence-corrected chi connectivity index (χ1v) is 8.40. The molecule has 1 aliphatic rings. The van der Waals surface area contributed by atoms with Crippen LogP contribution >= 0.6 is 0 Å². The van der Waals surface area contributed by atoms with Crippen molar-refractivity contribution in [1.82, 2.24) is 0 Å². The fourth-order valence-electron chi connectivity index (χ4n) is 3.64. The van der Waals surface area contributed by atoms with Gasteiger partial charge in [-0.25, -0.2) is 4.39 Å². The molecule has 0 fully saturated rings. The molecule has 0 amide bonds. The number of aryl methyl sites for hydroxylation is 1. The van der Waals surface area contributed by atoms with Gasteiger partial charge >= 0.3 is 0 Å². The van der Waals surface area contributed by atoms with Crippen molar-refractivity contribution in [1.29, 1.82) is 0 Å². The first-order chi connectivity index (χ1) is 12.1. The summed E-state index contributed by atoms with van der Waals surface area (Å²) in [6, 6.07) is 20.6. The lowest BCUT2D eigenvalue weighted by molar-refractivity contribution is 0.249. The highest BCUT2D eigenvalue weighted by molar-refractivity contribution is 5.48. The minimum absolute atomic E-state index is 0.0776. The molecule has 1 N–H and O–H groups in total. The Morgan fingerprint density at radius 3 is 2.44 bits per heavy atom. The molecular weight excluding hydrogens is 315 g/mol. The van der Waals surface area contributed by atoms with Gasteiger partial charge in [-0.1, -0.05) is 42.5 Å². The molecule has 0 saturated heterocycles. The van der Waals surface area contributed by atoms with Crippen LogP contribution in [0.2, 0.25) is 0 Å². The number of phenols is 1. The Kier molecular flexibility index (Phi) is 3.92. The van der Waals surface area contributed by atoms with Crippen LogP contribution in [0.4, 0.5) is 4.39 Å². The molecule has 1 heterocycles. The summed E-state index contributed by atoms with van der Waals surface area (Å²) in [5, 5.41) is 9.59. The predicted octanol–water partition coefficient (Wildman–Crippen LogP) is 5.15. The highest BCUT2D eigenvalue weighted by Gasteiger charge is 2.33. The summed E-state index contributed by atoms with van der Waals surface area (Å²) >= 11 is 0. The molecule has 4 rings (SSSR count).